The highest BCUT2D eigenvalue weighted by molar-refractivity contribution is 5.99. The number of hydrogen-bond acceptors (Lipinski definition) is 5. The lowest BCUT2D eigenvalue weighted by atomic mass is 10.0. The fourth-order valence-electron chi connectivity index (χ4n) is 3.65. The maximum Gasteiger partial charge on any atom is 0.289 e. The molecule has 4 rings (SSSR count). The van der Waals surface area contributed by atoms with Crippen LogP contribution in [-0.4, -0.2) is 52.3 Å². The number of carbonyl (C=O) groups excluding carboxylic acids is 1. The molecule has 1 N–H and O–H groups in total. The average Bonchev–Trinajstić information content (AvgIpc) is 3.35. The number of hydrogen-bond donors (Lipinski definition) is 1. The summed E-state index contributed by atoms with van der Waals surface area (Å²) >= 11 is 0. The summed E-state index contributed by atoms with van der Waals surface area (Å²) in [4.78, 5) is 18.9. The van der Waals surface area contributed by atoms with E-state index in [0.717, 1.165) is 34.3 Å². The van der Waals surface area contributed by atoms with E-state index >= 15 is 0 Å². The Morgan fingerprint density at radius 3 is 2.96 bits per heavy atom. The van der Waals surface area contributed by atoms with E-state index in [1.807, 2.05) is 32.0 Å². The Bertz CT molecular complexity index is 932. The number of aryl methyl sites for hydroxylation is 2. The van der Waals surface area contributed by atoms with Crippen LogP contribution >= 0.6 is 0 Å². The molecule has 0 radical (unpaired) electrons. The van der Waals surface area contributed by atoms with E-state index in [1.54, 1.807) is 11.9 Å². The molecule has 26 heavy (non-hydrogen) atoms. The first kappa shape index (κ1) is 16.8. The standard InChI is InChI=1S/C19H22N4O3/c1-11-5-4-6-13-12(2)17(26-16(11)13)19(24)23(3)9-15-14(7-8-25-15)18-20-10-21-22-18/h4-6,10,14-15H,7-9H2,1-3H3,(H,20,21,22)/t14-,15-/m1/s1. The molecule has 7 heteroatoms. The Kier molecular flexibility index (Phi) is 4.24. The highest BCUT2D eigenvalue weighted by atomic mass is 16.5. The zero-order valence-electron chi connectivity index (χ0n) is 15.2. The lowest BCUT2D eigenvalue weighted by Crippen LogP contribution is -2.36. The van der Waals surface area contributed by atoms with Crippen LogP contribution in [-0.2, 0) is 4.74 Å². The lowest BCUT2D eigenvalue weighted by molar-refractivity contribution is 0.0529. The Morgan fingerprint density at radius 1 is 1.38 bits per heavy atom. The normalized spacial score (nSPS) is 20.0. The van der Waals surface area contributed by atoms with Crippen molar-refractivity contribution in [3.05, 3.63) is 47.2 Å². The number of nitrogens with zero attached hydrogens (tertiary/aromatic N) is 3. The van der Waals surface area contributed by atoms with Gasteiger partial charge in [-0.25, -0.2) is 4.98 Å². The lowest BCUT2D eigenvalue weighted by Gasteiger charge is -2.23. The number of rotatable bonds is 4. The van der Waals surface area contributed by atoms with E-state index in [0.29, 0.717) is 18.9 Å². The molecule has 7 nitrogen and oxygen atoms in total. The molecule has 2 atom stereocenters. The van der Waals surface area contributed by atoms with Gasteiger partial charge in [-0.2, -0.15) is 5.10 Å². The van der Waals surface area contributed by atoms with Crippen molar-refractivity contribution in [1.29, 1.82) is 0 Å². The Hall–Kier alpha value is -2.67. The SMILES string of the molecule is Cc1c(C(=O)N(C)C[C@H]2OCC[C@H]2c2ncn[nH]2)oc2c(C)cccc12. The first-order valence-corrected chi connectivity index (χ1v) is 8.77. The summed E-state index contributed by atoms with van der Waals surface area (Å²) in [6, 6.07) is 5.95. The fourth-order valence-corrected chi connectivity index (χ4v) is 3.65. The van der Waals surface area contributed by atoms with Crippen LogP contribution in [0.1, 0.15) is 39.8 Å². The summed E-state index contributed by atoms with van der Waals surface area (Å²) in [5.41, 5.74) is 2.68. The van der Waals surface area contributed by atoms with Gasteiger partial charge in [-0.05, 0) is 25.8 Å². The predicted molar refractivity (Wildman–Crippen MR) is 96.1 cm³/mol. The zero-order valence-corrected chi connectivity index (χ0v) is 15.2. The van der Waals surface area contributed by atoms with Crippen molar-refractivity contribution in [2.24, 2.45) is 0 Å². The second-order valence-electron chi connectivity index (χ2n) is 6.87. The van der Waals surface area contributed by atoms with Crippen LogP contribution < -0.4 is 0 Å². The van der Waals surface area contributed by atoms with Gasteiger partial charge in [0.1, 0.15) is 17.7 Å². The molecule has 136 valence electrons. The quantitative estimate of drug-likeness (QED) is 0.779. The molecule has 1 saturated heterocycles. The van der Waals surface area contributed by atoms with Crippen molar-refractivity contribution >= 4 is 16.9 Å². The Labute approximate surface area is 151 Å². The third-order valence-electron chi connectivity index (χ3n) is 5.15. The average molecular weight is 354 g/mol. The monoisotopic (exact) mass is 354 g/mol. The topological polar surface area (TPSA) is 84.3 Å². The predicted octanol–water partition coefficient (Wildman–Crippen LogP) is 2.81. The molecule has 0 bridgehead atoms. The number of aromatic nitrogens is 3. The summed E-state index contributed by atoms with van der Waals surface area (Å²) in [7, 11) is 1.78. The number of carbonyl (C=O) groups is 1. The highest BCUT2D eigenvalue weighted by Gasteiger charge is 2.34. The van der Waals surface area contributed by atoms with E-state index in [9.17, 15) is 4.79 Å². The molecule has 1 aromatic carbocycles. The van der Waals surface area contributed by atoms with Gasteiger partial charge in [0, 0.05) is 37.1 Å². The summed E-state index contributed by atoms with van der Waals surface area (Å²) in [6.45, 7) is 5.04. The maximum atomic E-state index is 13.0. The van der Waals surface area contributed by atoms with Crippen LogP contribution in [0.15, 0.2) is 28.9 Å². The highest BCUT2D eigenvalue weighted by Crippen LogP contribution is 2.31. The molecular formula is C19H22N4O3. The maximum absolute atomic E-state index is 13.0. The van der Waals surface area contributed by atoms with Gasteiger partial charge in [0.25, 0.3) is 5.91 Å². The van der Waals surface area contributed by atoms with Crippen molar-refractivity contribution in [3.63, 3.8) is 0 Å². The van der Waals surface area contributed by atoms with Gasteiger partial charge in [0.05, 0.1) is 6.10 Å². The number of ether oxygens (including phenoxy) is 1. The van der Waals surface area contributed by atoms with E-state index < -0.39 is 0 Å². The minimum Gasteiger partial charge on any atom is -0.450 e. The summed E-state index contributed by atoms with van der Waals surface area (Å²) < 4.78 is 11.8. The van der Waals surface area contributed by atoms with Crippen molar-refractivity contribution in [1.82, 2.24) is 20.1 Å². The molecule has 1 fully saturated rings. The Morgan fingerprint density at radius 2 is 2.23 bits per heavy atom. The van der Waals surface area contributed by atoms with E-state index in [4.69, 9.17) is 9.15 Å². The number of amides is 1. The molecule has 3 aromatic rings. The number of furan rings is 1. The smallest absolute Gasteiger partial charge is 0.289 e. The van der Waals surface area contributed by atoms with Crippen LogP contribution in [0.4, 0.5) is 0 Å². The molecule has 1 aliphatic rings. The van der Waals surface area contributed by atoms with E-state index in [-0.39, 0.29) is 17.9 Å². The van der Waals surface area contributed by atoms with Gasteiger partial charge >= 0.3 is 0 Å². The molecule has 0 unspecified atom stereocenters. The third-order valence-corrected chi connectivity index (χ3v) is 5.15. The van der Waals surface area contributed by atoms with Crippen LogP contribution in [0.3, 0.4) is 0 Å². The second kappa shape index (κ2) is 6.57. The molecular weight excluding hydrogens is 332 g/mol. The van der Waals surface area contributed by atoms with Gasteiger partial charge < -0.3 is 14.1 Å². The number of benzene rings is 1. The van der Waals surface area contributed by atoms with Crippen molar-refractivity contribution in [2.75, 3.05) is 20.2 Å². The summed E-state index contributed by atoms with van der Waals surface area (Å²) in [6.07, 6.45) is 2.26. The van der Waals surface area contributed by atoms with Crippen LogP contribution in [0.5, 0.6) is 0 Å². The van der Waals surface area contributed by atoms with Crippen LogP contribution in [0.25, 0.3) is 11.0 Å². The third kappa shape index (κ3) is 2.78. The minimum absolute atomic E-state index is 0.108. The number of aromatic amines is 1. The van der Waals surface area contributed by atoms with Crippen molar-refractivity contribution in [2.45, 2.75) is 32.3 Å². The second-order valence-corrected chi connectivity index (χ2v) is 6.87. The molecule has 2 aromatic heterocycles. The molecule has 0 aliphatic carbocycles. The number of H-pyrrole nitrogens is 1. The number of para-hydroxylation sites is 1. The molecule has 3 heterocycles. The molecule has 1 amide bonds. The van der Waals surface area contributed by atoms with Gasteiger partial charge in [0.2, 0.25) is 0 Å². The van der Waals surface area contributed by atoms with Crippen LogP contribution in [0, 0.1) is 13.8 Å². The molecule has 0 saturated carbocycles. The van der Waals surface area contributed by atoms with Gasteiger partial charge in [-0.15, -0.1) is 0 Å². The summed E-state index contributed by atoms with van der Waals surface area (Å²) in [5.74, 6) is 1.19. The number of likely N-dealkylation sites (N-methyl/N-ethyl adjacent to an activating group) is 1. The first-order valence-electron chi connectivity index (χ1n) is 8.77. The number of nitrogens with one attached hydrogen (secondary N) is 1. The van der Waals surface area contributed by atoms with Crippen LogP contribution in [0.2, 0.25) is 0 Å². The largest absolute Gasteiger partial charge is 0.450 e. The van der Waals surface area contributed by atoms with Gasteiger partial charge in [-0.3, -0.25) is 9.89 Å². The fraction of sp³-hybridized carbons (Fsp3) is 0.421. The molecule has 0 spiro atoms. The minimum atomic E-state index is -0.134. The Balaban J connectivity index is 1.55. The zero-order chi connectivity index (χ0) is 18.3. The first-order chi connectivity index (χ1) is 12.6. The van der Waals surface area contributed by atoms with Crippen molar-refractivity contribution < 1.29 is 13.9 Å². The van der Waals surface area contributed by atoms with E-state index in [1.165, 1.54) is 6.33 Å². The summed E-state index contributed by atoms with van der Waals surface area (Å²) in [5, 5.41) is 7.82. The number of fused-ring (bicyclic) bond motifs is 1. The molecule has 1 aliphatic heterocycles. The van der Waals surface area contributed by atoms with Gasteiger partial charge in [-0.1, -0.05) is 18.2 Å². The van der Waals surface area contributed by atoms with Crippen molar-refractivity contribution in [3.8, 4) is 0 Å². The van der Waals surface area contributed by atoms with E-state index in [2.05, 4.69) is 15.2 Å². The van der Waals surface area contributed by atoms with Gasteiger partial charge in [0.15, 0.2) is 5.76 Å².